The van der Waals surface area contributed by atoms with Gasteiger partial charge in [-0.3, -0.25) is 14.9 Å². The number of aromatic nitrogens is 1. The molecule has 0 radical (unpaired) electrons. The van der Waals surface area contributed by atoms with Crippen LogP contribution in [0.3, 0.4) is 0 Å². The molecule has 8 heteroatoms. The molecule has 1 aromatic carbocycles. The van der Waals surface area contributed by atoms with Crippen molar-refractivity contribution < 1.29 is 9.72 Å². The quantitative estimate of drug-likeness (QED) is 0.594. The Morgan fingerprint density at radius 2 is 1.96 bits per heavy atom. The van der Waals surface area contributed by atoms with Gasteiger partial charge in [0, 0.05) is 25.7 Å². The third-order valence-corrected chi connectivity index (χ3v) is 3.31. The van der Waals surface area contributed by atoms with E-state index in [1.165, 1.54) is 12.3 Å². The lowest BCUT2D eigenvalue weighted by Crippen LogP contribution is -2.37. The summed E-state index contributed by atoms with van der Waals surface area (Å²) in [6, 6.07) is 11.0. The zero-order valence-electron chi connectivity index (χ0n) is 12.5. The van der Waals surface area contributed by atoms with Crippen molar-refractivity contribution >= 4 is 24.0 Å². The Hall–Kier alpha value is -2.38. The summed E-state index contributed by atoms with van der Waals surface area (Å²) >= 11 is 0. The highest BCUT2D eigenvalue weighted by atomic mass is 35.5. The normalized spacial score (nSPS) is 9.96. The Labute approximate surface area is 140 Å². The maximum Gasteiger partial charge on any atom is 0.287 e. The summed E-state index contributed by atoms with van der Waals surface area (Å²) in [6.07, 6.45) is 1.92. The van der Waals surface area contributed by atoms with E-state index in [0.717, 1.165) is 5.56 Å². The molecule has 3 N–H and O–H groups in total. The molecule has 0 aliphatic rings. The molecule has 0 fully saturated rings. The number of hydrogen-bond acceptors (Lipinski definition) is 4. The Bertz CT molecular complexity index is 645. The number of halogens is 1. The van der Waals surface area contributed by atoms with Gasteiger partial charge in [0.2, 0.25) is 0 Å². The van der Waals surface area contributed by atoms with Gasteiger partial charge in [-0.15, -0.1) is 12.4 Å². The summed E-state index contributed by atoms with van der Waals surface area (Å²) < 4.78 is 0. The third kappa shape index (κ3) is 5.08. The molecule has 0 spiro atoms. The van der Waals surface area contributed by atoms with Gasteiger partial charge in [-0.1, -0.05) is 30.3 Å². The zero-order valence-corrected chi connectivity index (χ0v) is 13.3. The first-order chi connectivity index (χ1) is 10.6. The van der Waals surface area contributed by atoms with Crippen LogP contribution in [0.4, 0.5) is 5.69 Å². The van der Waals surface area contributed by atoms with E-state index in [1.54, 1.807) is 4.90 Å². The van der Waals surface area contributed by atoms with Crippen LogP contribution in [-0.4, -0.2) is 40.3 Å². The van der Waals surface area contributed by atoms with E-state index in [1.807, 2.05) is 30.3 Å². The molecule has 0 saturated heterocycles. The highest BCUT2D eigenvalue weighted by Gasteiger charge is 2.19. The first-order valence-electron chi connectivity index (χ1n) is 6.98. The van der Waals surface area contributed by atoms with Gasteiger partial charge in [0.25, 0.3) is 11.6 Å². The summed E-state index contributed by atoms with van der Waals surface area (Å²) in [7, 11) is 0. The SMILES string of the molecule is Cl.NCCN(CCc1ccccc1)C(=O)c1cc([N+](=O)[O-])c[nH]1. The third-order valence-electron chi connectivity index (χ3n) is 3.31. The molecule has 2 aromatic rings. The molecule has 7 nitrogen and oxygen atoms in total. The number of hydrogen-bond donors (Lipinski definition) is 2. The van der Waals surface area contributed by atoms with E-state index in [4.69, 9.17) is 5.73 Å². The second-order valence-corrected chi connectivity index (χ2v) is 4.85. The van der Waals surface area contributed by atoms with Gasteiger partial charge in [0.15, 0.2) is 0 Å². The van der Waals surface area contributed by atoms with Gasteiger partial charge in [-0.05, 0) is 12.0 Å². The van der Waals surface area contributed by atoms with Crippen molar-refractivity contribution in [1.29, 1.82) is 0 Å². The van der Waals surface area contributed by atoms with Crippen molar-refractivity contribution in [2.75, 3.05) is 19.6 Å². The zero-order chi connectivity index (χ0) is 15.9. The minimum atomic E-state index is -0.537. The Morgan fingerprint density at radius 1 is 1.26 bits per heavy atom. The minimum Gasteiger partial charge on any atom is -0.351 e. The Morgan fingerprint density at radius 3 is 2.52 bits per heavy atom. The van der Waals surface area contributed by atoms with Crippen molar-refractivity contribution in [2.24, 2.45) is 5.73 Å². The van der Waals surface area contributed by atoms with Crippen LogP contribution in [0.15, 0.2) is 42.6 Å². The molecule has 23 heavy (non-hydrogen) atoms. The standard InChI is InChI=1S/C15H18N4O3.ClH/c16-7-9-18(8-6-12-4-2-1-3-5-12)15(20)14-10-13(11-17-14)19(21)22;/h1-5,10-11,17H,6-9,16H2;1H. The number of nitrogens with two attached hydrogens (primary N) is 1. The lowest BCUT2D eigenvalue weighted by atomic mass is 10.1. The number of carbonyl (C=O) groups excluding carboxylic acids is 1. The van der Waals surface area contributed by atoms with E-state index in [-0.39, 0.29) is 29.7 Å². The van der Waals surface area contributed by atoms with E-state index in [2.05, 4.69) is 4.98 Å². The maximum absolute atomic E-state index is 12.4. The Balaban J connectivity index is 0.00000264. The van der Waals surface area contributed by atoms with Gasteiger partial charge in [-0.2, -0.15) is 0 Å². The van der Waals surface area contributed by atoms with Crippen LogP contribution in [0.25, 0.3) is 0 Å². The van der Waals surface area contributed by atoms with E-state index >= 15 is 0 Å². The molecule has 1 amide bonds. The molecule has 0 saturated carbocycles. The predicted octanol–water partition coefficient (Wildman–Crippen LogP) is 1.99. The molecule has 0 atom stereocenters. The van der Waals surface area contributed by atoms with Crippen molar-refractivity contribution in [3.05, 3.63) is 64.0 Å². The monoisotopic (exact) mass is 338 g/mol. The van der Waals surface area contributed by atoms with Gasteiger partial charge < -0.3 is 15.6 Å². The summed E-state index contributed by atoms with van der Waals surface area (Å²) in [6.45, 7) is 1.24. The molecule has 0 unspecified atom stereocenters. The van der Waals surface area contributed by atoms with Crippen LogP contribution in [-0.2, 0) is 6.42 Å². The number of amides is 1. The van der Waals surface area contributed by atoms with Gasteiger partial charge in [-0.25, -0.2) is 0 Å². The topological polar surface area (TPSA) is 105 Å². The van der Waals surface area contributed by atoms with Crippen molar-refractivity contribution in [1.82, 2.24) is 9.88 Å². The summed E-state index contributed by atoms with van der Waals surface area (Å²) in [4.78, 5) is 26.8. The van der Waals surface area contributed by atoms with Gasteiger partial charge in [0.05, 0.1) is 11.1 Å². The first-order valence-corrected chi connectivity index (χ1v) is 6.98. The fourth-order valence-corrected chi connectivity index (χ4v) is 2.16. The molecule has 0 aliphatic heterocycles. The summed E-state index contributed by atoms with van der Waals surface area (Å²) in [5, 5.41) is 10.7. The van der Waals surface area contributed by atoms with Crippen LogP contribution >= 0.6 is 12.4 Å². The summed E-state index contributed by atoms with van der Waals surface area (Å²) in [5.41, 5.74) is 6.75. The number of rotatable bonds is 7. The summed E-state index contributed by atoms with van der Waals surface area (Å²) in [5.74, 6) is -0.283. The number of carbonyl (C=O) groups is 1. The van der Waals surface area contributed by atoms with Crippen molar-refractivity contribution in [2.45, 2.75) is 6.42 Å². The molecular weight excluding hydrogens is 320 g/mol. The van der Waals surface area contributed by atoms with E-state index < -0.39 is 4.92 Å². The highest BCUT2D eigenvalue weighted by Crippen LogP contribution is 2.14. The van der Waals surface area contributed by atoms with Crippen LogP contribution in [0.1, 0.15) is 16.1 Å². The lowest BCUT2D eigenvalue weighted by molar-refractivity contribution is -0.384. The molecule has 0 aliphatic carbocycles. The largest absolute Gasteiger partial charge is 0.351 e. The Kier molecular flexibility index (Phi) is 7.24. The fraction of sp³-hybridized carbons (Fsp3) is 0.267. The maximum atomic E-state index is 12.4. The number of benzene rings is 1. The predicted molar refractivity (Wildman–Crippen MR) is 89.8 cm³/mol. The van der Waals surface area contributed by atoms with Gasteiger partial charge in [0.1, 0.15) is 5.69 Å². The highest BCUT2D eigenvalue weighted by molar-refractivity contribution is 5.93. The molecular formula is C15H19ClN4O3. The number of nitrogens with one attached hydrogen (secondary N) is 1. The molecule has 124 valence electrons. The second kappa shape index (κ2) is 8.92. The molecule has 1 heterocycles. The molecule has 1 aromatic heterocycles. The van der Waals surface area contributed by atoms with Crippen LogP contribution in [0.2, 0.25) is 0 Å². The number of H-pyrrole nitrogens is 1. The average molecular weight is 339 g/mol. The number of nitrogens with zero attached hydrogens (tertiary/aromatic N) is 2. The van der Waals surface area contributed by atoms with Crippen LogP contribution < -0.4 is 5.73 Å². The fourth-order valence-electron chi connectivity index (χ4n) is 2.16. The number of nitro groups is 1. The average Bonchev–Trinajstić information content (AvgIpc) is 3.02. The lowest BCUT2D eigenvalue weighted by Gasteiger charge is -2.21. The number of aromatic amines is 1. The van der Waals surface area contributed by atoms with Crippen LogP contribution in [0.5, 0.6) is 0 Å². The first kappa shape index (κ1) is 18.7. The van der Waals surface area contributed by atoms with Gasteiger partial charge >= 0.3 is 0 Å². The minimum absolute atomic E-state index is 0. The smallest absolute Gasteiger partial charge is 0.287 e. The van der Waals surface area contributed by atoms with E-state index in [9.17, 15) is 14.9 Å². The van der Waals surface area contributed by atoms with Crippen LogP contribution in [0, 0.1) is 10.1 Å². The molecule has 0 bridgehead atoms. The van der Waals surface area contributed by atoms with Crippen molar-refractivity contribution in [3.63, 3.8) is 0 Å². The van der Waals surface area contributed by atoms with E-state index in [0.29, 0.717) is 26.1 Å². The van der Waals surface area contributed by atoms with Crippen molar-refractivity contribution in [3.8, 4) is 0 Å². The molecule has 2 rings (SSSR count). The second-order valence-electron chi connectivity index (χ2n) is 4.85.